The quantitative estimate of drug-likeness (QED) is 0.618. The Morgan fingerprint density at radius 2 is 2.20 bits per heavy atom. The van der Waals surface area contributed by atoms with Gasteiger partial charge in [-0.2, -0.15) is 5.21 Å². The molecule has 1 rings (SSSR count). The van der Waals surface area contributed by atoms with E-state index < -0.39 is 5.54 Å². The third-order valence-corrected chi connectivity index (χ3v) is 2.29. The number of likely N-dealkylation sites (N-methyl/N-ethyl adjacent to an activating group) is 1. The van der Waals surface area contributed by atoms with Gasteiger partial charge in [-0.1, -0.05) is 5.21 Å². The third-order valence-electron chi connectivity index (χ3n) is 2.29. The summed E-state index contributed by atoms with van der Waals surface area (Å²) in [7, 11) is 1.73. The summed E-state index contributed by atoms with van der Waals surface area (Å²) in [6.07, 6.45) is 0. The van der Waals surface area contributed by atoms with E-state index in [0.717, 1.165) is 0 Å². The summed E-state index contributed by atoms with van der Waals surface area (Å²) in [5, 5.41) is 19.1. The molecule has 0 saturated heterocycles. The molecule has 15 heavy (non-hydrogen) atoms. The predicted molar refractivity (Wildman–Crippen MR) is 53.9 cm³/mol. The molecule has 3 N–H and O–H groups in total. The van der Waals surface area contributed by atoms with Gasteiger partial charge in [-0.25, -0.2) is 0 Å². The van der Waals surface area contributed by atoms with Crippen LogP contribution in [0.25, 0.3) is 0 Å². The Labute approximate surface area is 88.0 Å². The first-order valence-corrected chi connectivity index (χ1v) is 4.70. The molecule has 7 heteroatoms. The Balaban J connectivity index is 2.60. The number of aromatic nitrogens is 4. The molecule has 1 unspecified atom stereocenters. The van der Waals surface area contributed by atoms with Gasteiger partial charge in [-0.15, -0.1) is 10.2 Å². The molecule has 0 radical (unpaired) electrons. The topological polar surface area (TPSA) is 95.6 Å². The number of hydrogen-bond acceptors (Lipinski definition) is 5. The van der Waals surface area contributed by atoms with Crippen LogP contribution < -0.4 is 10.6 Å². The maximum Gasteiger partial charge on any atom is 0.240 e. The normalized spacial score (nSPS) is 13.6. The van der Waals surface area contributed by atoms with E-state index in [2.05, 4.69) is 31.3 Å². The first kappa shape index (κ1) is 11.6. The second-order valence-corrected chi connectivity index (χ2v) is 3.84. The van der Waals surface area contributed by atoms with E-state index in [-0.39, 0.29) is 11.9 Å². The minimum absolute atomic E-state index is 0.109. The van der Waals surface area contributed by atoms with Gasteiger partial charge >= 0.3 is 0 Å². The van der Waals surface area contributed by atoms with E-state index >= 15 is 0 Å². The van der Waals surface area contributed by atoms with Crippen LogP contribution in [0.1, 0.15) is 32.6 Å². The third kappa shape index (κ3) is 2.72. The Bertz CT molecular complexity index is 320. The van der Waals surface area contributed by atoms with Crippen LogP contribution in [-0.2, 0) is 4.79 Å². The molecule has 0 aliphatic rings. The van der Waals surface area contributed by atoms with Crippen molar-refractivity contribution in [1.29, 1.82) is 0 Å². The first-order valence-electron chi connectivity index (χ1n) is 4.70. The van der Waals surface area contributed by atoms with Crippen LogP contribution in [0.3, 0.4) is 0 Å². The maximum atomic E-state index is 11.7. The molecule has 1 amide bonds. The lowest BCUT2D eigenvalue weighted by molar-refractivity contribution is -0.126. The highest BCUT2D eigenvalue weighted by Crippen LogP contribution is 2.07. The van der Waals surface area contributed by atoms with Gasteiger partial charge in [0.1, 0.15) is 0 Å². The summed E-state index contributed by atoms with van der Waals surface area (Å²) in [5.41, 5.74) is -0.613. The number of nitrogens with zero attached hydrogens (tertiary/aromatic N) is 3. The number of amides is 1. The van der Waals surface area contributed by atoms with Crippen molar-refractivity contribution < 1.29 is 4.79 Å². The zero-order valence-electron chi connectivity index (χ0n) is 9.33. The Kier molecular flexibility index (Phi) is 3.35. The van der Waals surface area contributed by atoms with Gasteiger partial charge in [-0.3, -0.25) is 4.79 Å². The van der Waals surface area contributed by atoms with Crippen molar-refractivity contribution in [2.75, 3.05) is 7.05 Å². The first-order chi connectivity index (χ1) is 6.97. The number of carbonyl (C=O) groups is 1. The molecule has 1 aromatic heterocycles. The van der Waals surface area contributed by atoms with Crippen LogP contribution in [0.15, 0.2) is 0 Å². The standard InChI is InChI=1S/C8H16N6O/c1-5(6-11-13-14-12-6)10-7(15)8(2,3)9-4/h5,9H,1-4H3,(H,10,15)(H,11,12,13,14). The molecular weight excluding hydrogens is 196 g/mol. The summed E-state index contributed by atoms with van der Waals surface area (Å²) >= 11 is 0. The molecule has 0 spiro atoms. The molecule has 0 bridgehead atoms. The molecule has 1 atom stereocenters. The number of aromatic amines is 1. The average molecular weight is 212 g/mol. The van der Waals surface area contributed by atoms with E-state index in [1.165, 1.54) is 0 Å². The largest absolute Gasteiger partial charge is 0.345 e. The summed E-state index contributed by atoms with van der Waals surface area (Å²) in [4.78, 5) is 11.7. The summed E-state index contributed by atoms with van der Waals surface area (Å²) in [6, 6.07) is -0.260. The molecule has 7 nitrogen and oxygen atoms in total. The van der Waals surface area contributed by atoms with Gasteiger partial charge in [-0.05, 0) is 27.8 Å². The molecule has 1 heterocycles. The second-order valence-electron chi connectivity index (χ2n) is 3.84. The van der Waals surface area contributed by atoms with E-state index in [4.69, 9.17) is 0 Å². The van der Waals surface area contributed by atoms with Crippen molar-refractivity contribution in [3.05, 3.63) is 5.82 Å². The summed E-state index contributed by atoms with van der Waals surface area (Å²) in [6.45, 7) is 5.39. The van der Waals surface area contributed by atoms with Crippen LogP contribution in [-0.4, -0.2) is 39.1 Å². The van der Waals surface area contributed by atoms with Gasteiger partial charge in [0, 0.05) is 0 Å². The number of rotatable bonds is 4. The molecule has 84 valence electrons. The summed E-state index contributed by atoms with van der Waals surface area (Å²) < 4.78 is 0. The number of H-pyrrole nitrogens is 1. The smallest absolute Gasteiger partial charge is 0.240 e. The van der Waals surface area contributed by atoms with Gasteiger partial charge in [0.2, 0.25) is 5.91 Å². The molecule has 0 aliphatic carbocycles. The van der Waals surface area contributed by atoms with Crippen LogP contribution in [0.2, 0.25) is 0 Å². The molecule has 1 aromatic rings. The SMILES string of the molecule is CNC(C)(C)C(=O)NC(C)c1nn[nH]n1. The zero-order chi connectivity index (χ0) is 11.5. The lowest BCUT2D eigenvalue weighted by Crippen LogP contribution is -2.51. The summed E-state index contributed by atoms with van der Waals surface area (Å²) in [5.74, 6) is 0.359. The van der Waals surface area contributed by atoms with Gasteiger partial charge in [0.05, 0.1) is 11.6 Å². The fourth-order valence-corrected chi connectivity index (χ4v) is 0.908. The van der Waals surface area contributed by atoms with Crippen molar-refractivity contribution in [3.63, 3.8) is 0 Å². The molecule has 0 saturated carbocycles. The lowest BCUT2D eigenvalue weighted by Gasteiger charge is -2.24. The van der Waals surface area contributed by atoms with Gasteiger partial charge < -0.3 is 10.6 Å². The van der Waals surface area contributed by atoms with Crippen molar-refractivity contribution in [1.82, 2.24) is 31.3 Å². The Hall–Kier alpha value is -1.50. The minimum atomic E-state index is -0.613. The van der Waals surface area contributed by atoms with Crippen molar-refractivity contribution in [2.45, 2.75) is 32.4 Å². The van der Waals surface area contributed by atoms with Crippen molar-refractivity contribution in [2.24, 2.45) is 0 Å². The highest BCUT2D eigenvalue weighted by atomic mass is 16.2. The number of tetrazole rings is 1. The van der Waals surface area contributed by atoms with Crippen LogP contribution in [0.5, 0.6) is 0 Å². The fourth-order valence-electron chi connectivity index (χ4n) is 0.908. The lowest BCUT2D eigenvalue weighted by atomic mass is 10.0. The van der Waals surface area contributed by atoms with Crippen molar-refractivity contribution >= 4 is 5.91 Å². The van der Waals surface area contributed by atoms with Crippen LogP contribution >= 0.6 is 0 Å². The number of carbonyl (C=O) groups excluding carboxylic acids is 1. The fraction of sp³-hybridized carbons (Fsp3) is 0.750. The monoisotopic (exact) mass is 212 g/mol. The molecular formula is C8H16N6O. The average Bonchev–Trinajstić information content (AvgIpc) is 2.70. The highest BCUT2D eigenvalue weighted by molar-refractivity contribution is 5.85. The second kappa shape index (κ2) is 4.35. The predicted octanol–water partition coefficient (Wildman–Crippen LogP) is -0.625. The molecule has 0 fully saturated rings. The highest BCUT2D eigenvalue weighted by Gasteiger charge is 2.27. The van der Waals surface area contributed by atoms with E-state index in [9.17, 15) is 4.79 Å². The molecule has 0 aliphatic heterocycles. The van der Waals surface area contributed by atoms with Gasteiger partial charge in [0.25, 0.3) is 0 Å². The molecule has 0 aromatic carbocycles. The number of hydrogen-bond donors (Lipinski definition) is 3. The van der Waals surface area contributed by atoms with E-state index in [1.54, 1.807) is 27.8 Å². The Morgan fingerprint density at radius 3 is 2.67 bits per heavy atom. The van der Waals surface area contributed by atoms with Crippen LogP contribution in [0.4, 0.5) is 0 Å². The maximum absolute atomic E-state index is 11.7. The zero-order valence-corrected chi connectivity index (χ0v) is 9.33. The Morgan fingerprint density at radius 1 is 1.53 bits per heavy atom. The van der Waals surface area contributed by atoms with E-state index in [0.29, 0.717) is 5.82 Å². The van der Waals surface area contributed by atoms with Crippen molar-refractivity contribution in [3.8, 4) is 0 Å². The minimum Gasteiger partial charge on any atom is -0.345 e. The van der Waals surface area contributed by atoms with E-state index in [1.807, 2.05) is 0 Å². The number of nitrogens with one attached hydrogen (secondary N) is 3. The van der Waals surface area contributed by atoms with Gasteiger partial charge in [0.15, 0.2) is 5.82 Å². The van der Waals surface area contributed by atoms with Crippen LogP contribution in [0, 0.1) is 0 Å².